The van der Waals surface area contributed by atoms with Crippen LogP contribution in [0, 0.1) is 0 Å². The summed E-state index contributed by atoms with van der Waals surface area (Å²) in [6.07, 6.45) is 0. The number of amides is 1. The van der Waals surface area contributed by atoms with Gasteiger partial charge in [0.15, 0.2) is 0 Å². The van der Waals surface area contributed by atoms with Crippen LogP contribution in [0.3, 0.4) is 0 Å². The Morgan fingerprint density at radius 2 is 1.86 bits per heavy atom. The first-order valence-electron chi connectivity index (χ1n) is 6.03. The molecule has 4 nitrogen and oxygen atoms in total. The van der Waals surface area contributed by atoms with Gasteiger partial charge in [-0.05, 0) is 34.1 Å². The molecule has 0 aliphatic rings. The maximum atomic E-state index is 12.2. The molecule has 6 heteroatoms. The highest BCUT2D eigenvalue weighted by Gasteiger charge is 2.13. The average Bonchev–Trinajstić information content (AvgIpc) is 2.48. The second kappa shape index (κ2) is 6.83. The predicted molar refractivity (Wildman–Crippen MR) is 86.7 cm³/mol. The summed E-state index contributed by atoms with van der Waals surface area (Å²) in [7, 11) is 3.08. The third-order valence-electron chi connectivity index (χ3n) is 2.81. The molecule has 21 heavy (non-hydrogen) atoms. The van der Waals surface area contributed by atoms with E-state index >= 15 is 0 Å². The van der Waals surface area contributed by atoms with Crippen LogP contribution in [0.5, 0.6) is 11.5 Å². The Hall–Kier alpha value is -1.72. The number of benzene rings is 2. The lowest BCUT2D eigenvalue weighted by Gasteiger charge is -2.13. The van der Waals surface area contributed by atoms with Crippen LogP contribution in [0.15, 0.2) is 40.9 Å². The second-order valence-electron chi connectivity index (χ2n) is 4.15. The van der Waals surface area contributed by atoms with Crippen LogP contribution < -0.4 is 14.8 Å². The third kappa shape index (κ3) is 3.68. The van der Waals surface area contributed by atoms with Crippen molar-refractivity contribution in [1.82, 2.24) is 0 Å². The Balaban J connectivity index is 2.32. The minimum Gasteiger partial charge on any atom is -0.495 e. The maximum absolute atomic E-state index is 12.2. The van der Waals surface area contributed by atoms with Gasteiger partial charge in [0.25, 0.3) is 5.91 Å². The largest absolute Gasteiger partial charge is 0.495 e. The molecule has 0 spiro atoms. The molecular weight excluding hydrogens is 358 g/mol. The lowest BCUT2D eigenvalue weighted by Crippen LogP contribution is -2.12. The van der Waals surface area contributed by atoms with E-state index in [1.165, 1.54) is 7.11 Å². The van der Waals surface area contributed by atoms with Gasteiger partial charge in [0.1, 0.15) is 11.5 Å². The molecule has 1 amide bonds. The number of carbonyl (C=O) groups excluding carboxylic acids is 1. The number of rotatable bonds is 4. The summed E-state index contributed by atoms with van der Waals surface area (Å²) in [6.45, 7) is 0. The Morgan fingerprint density at radius 1 is 1.14 bits per heavy atom. The number of ether oxygens (including phenoxy) is 2. The van der Waals surface area contributed by atoms with Crippen molar-refractivity contribution in [3.8, 4) is 11.5 Å². The molecule has 0 aliphatic carbocycles. The third-order valence-corrected chi connectivity index (χ3v) is 3.66. The fourth-order valence-corrected chi connectivity index (χ4v) is 2.46. The molecule has 0 saturated heterocycles. The fraction of sp³-hybridized carbons (Fsp3) is 0.133. The van der Waals surface area contributed by atoms with Crippen LogP contribution >= 0.6 is 27.5 Å². The fourth-order valence-electron chi connectivity index (χ4n) is 1.78. The van der Waals surface area contributed by atoms with Gasteiger partial charge in [-0.3, -0.25) is 4.79 Å². The van der Waals surface area contributed by atoms with E-state index in [0.29, 0.717) is 27.8 Å². The summed E-state index contributed by atoms with van der Waals surface area (Å²) >= 11 is 9.26. The SMILES string of the molecule is COc1cc(NC(=O)c2cccc(Cl)c2)c(OC)cc1Br. The van der Waals surface area contributed by atoms with E-state index in [4.69, 9.17) is 21.1 Å². The first-order valence-corrected chi connectivity index (χ1v) is 7.20. The van der Waals surface area contributed by atoms with Crippen molar-refractivity contribution in [2.24, 2.45) is 0 Å². The molecule has 0 unspecified atom stereocenters. The van der Waals surface area contributed by atoms with Crippen molar-refractivity contribution in [2.75, 3.05) is 19.5 Å². The first kappa shape index (κ1) is 15.7. The van der Waals surface area contributed by atoms with E-state index in [9.17, 15) is 4.79 Å². The summed E-state index contributed by atoms with van der Waals surface area (Å²) in [5.41, 5.74) is 0.981. The number of halogens is 2. The summed E-state index contributed by atoms with van der Waals surface area (Å²) in [5.74, 6) is 0.843. The predicted octanol–water partition coefficient (Wildman–Crippen LogP) is 4.37. The van der Waals surface area contributed by atoms with Gasteiger partial charge in [0.05, 0.1) is 24.4 Å². The van der Waals surface area contributed by atoms with Gasteiger partial charge < -0.3 is 14.8 Å². The van der Waals surface area contributed by atoms with Crippen LogP contribution in [-0.2, 0) is 0 Å². The molecule has 0 heterocycles. The molecule has 0 atom stereocenters. The monoisotopic (exact) mass is 369 g/mol. The minimum absolute atomic E-state index is 0.278. The molecule has 0 aliphatic heterocycles. The van der Waals surface area contributed by atoms with Crippen LogP contribution in [0.4, 0.5) is 5.69 Å². The lowest BCUT2D eigenvalue weighted by molar-refractivity contribution is 0.102. The van der Waals surface area contributed by atoms with E-state index < -0.39 is 0 Å². The topological polar surface area (TPSA) is 47.6 Å². The van der Waals surface area contributed by atoms with Gasteiger partial charge in [-0.2, -0.15) is 0 Å². The highest BCUT2D eigenvalue weighted by molar-refractivity contribution is 9.10. The Morgan fingerprint density at radius 3 is 2.48 bits per heavy atom. The molecule has 2 rings (SSSR count). The zero-order chi connectivity index (χ0) is 15.4. The molecule has 0 aromatic heterocycles. The number of carbonyl (C=O) groups is 1. The molecule has 110 valence electrons. The highest BCUT2D eigenvalue weighted by Crippen LogP contribution is 2.36. The number of anilines is 1. The van der Waals surface area contributed by atoms with E-state index in [-0.39, 0.29) is 5.91 Å². The standard InChI is InChI=1S/C15H13BrClNO3/c1-20-13-8-12(14(21-2)7-11(13)16)18-15(19)9-4-3-5-10(17)6-9/h3-8H,1-2H3,(H,18,19). The minimum atomic E-state index is -0.278. The maximum Gasteiger partial charge on any atom is 0.255 e. The molecule has 1 N–H and O–H groups in total. The van der Waals surface area contributed by atoms with E-state index in [0.717, 1.165) is 4.47 Å². The van der Waals surface area contributed by atoms with Crippen molar-refractivity contribution >= 4 is 39.1 Å². The molecule has 0 fully saturated rings. The quantitative estimate of drug-likeness (QED) is 0.869. The van der Waals surface area contributed by atoms with E-state index in [1.54, 1.807) is 43.5 Å². The van der Waals surface area contributed by atoms with Gasteiger partial charge in [-0.15, -0.1) is 0 Å². The molecule has 0 radical (unpaired) electrons. The summed E-state index contributed by atoms with van der Waals surface area (Å²) in [4.78, 5) is 12.2. The number of nitrogens with one attached hydrogen (secondary N) is 1. The van der Waals surface area contributed by atoms with Gasteiger partial charge in [-0.1, -0.05) is 17.7 Å². The van der Waals surface area contributed by atoms with Crippen LogP contribution in [0.25, 0.3) is 0 Å². The van der Waals surface area contributed by atoms with Gasteiger partial charge >= 0.3 is 0 Å². The number of hydrogen-bond acceptors (Lipinski definition) is 3. The van der Waals surface area contributed by atoms with Crippen molar-refractivity contribution in [1.29, 1.82) is 0 Å². The zero-order valence-electron chi connectivity index (χ0n) is 11.4. The van der Waals surface area contributed by atoms with Gasteiger partial charge in [-0.25, -0.2) is 0 Å². The molecule has 2 aromatic rings. The molecular formula is C15H13BrClNO3. The highest BCUT2D eigenvalue weighted by atomic mass is 79.9. The summed E-state index contributed by atoms with van der Waals surface area (Å²) < 4.78 is 11.2. The Labute approximate surface area is 136 Å². The average molecular weight is 371 g/mol. The Kier molecular flexibility index (Phi) is 5.09. The van der Waals surface area contributed by atoms with Crippen molar-refractivity contribution in [2.45, 2.75) is 0 Å². The van der Waals surface area contributed by atoms with Crippen molar-refractivity contribution in [3.63, 3.8) is 0 Å². The number of hydrogen-bond donors (Lipinski definition) is 1. The summed E-state index contributed by atoms with van der Waals surface area (Å²) in [5, 5.41) is 3.29. The zero-order valence-corrected chi connectivity index (χ0v) is 13.8. The normalized spacial score (nSPS) is 10.1. The van der Waals surface area contributed by atoms with Crippen molar-refractivity contribution < 1.29 is 14.3 Å². The first-order chi connectivity index (χ1) is 10.0. The molecule has 2 aromatic carbocycles. The Bertz CT molecular complexity index is 676. The van der Waals surface area contributed by atoms with Crippen LogP contribution in [0.2, 0.25) is 5.02 Å². The van der Waals surface area contributed by atoms with Gasteiger partial charge in [0.2, 0.25) is 0 Å². The lowest BCUT2D eigenvalue weighted by atomic mass is 10.2. The van der Waals surface area contributed by atoms with E-state index in [1.807, 2.05) is 0 Å². The van der Waals surface area contributed by atoms with Gasteiger partial charge in [0, 0.05) is 22.7 Å². The smallest absolute Gasteiger partial charge is 0.255 e. The van der Waals surface area contributed by atoms with Crippen molar-refractivity contribution in [3.05, 3.63) is 51.5 Å². The van der Waals surface area contributed by atoms with Crippen LogP contribution in [-0.4, -0.2) is 20.1 Å². The van der Waals surface area contributed by atoms with Crippen LogP contribution in [0.1, 0.15) is 10.4 Å². The molecule has 0 bridgehead atoms. The van der Waals surface area contributed by atoms with E-state index in [2.05, 4.69) is 21.2 Å². The molecule has 0 saturated carbocycles. The number of methoxy groups -OCH3 is 2. The summed E-state index contributed by atoms with van der Waals surface area (Å²) in [6, 6.07) is 10.1. The second-order valence-corrected chi connectivity index (χ2v) is 5.44.